The minimum atomic E-state index is -0.241. The third kappa shape index (κ3) is 5.95. The van der Waals surface area contributed by atoms with E-state index in [1.807, 2.05) is 42.5 Å². The summed E-state index contributed by atoms with van der Waals surface area (Å²) in [5.74, 6) is 0.385. The highest BCUT2D eigenvalue weighted by Crippen LogP contribution is 2.35. The third-order valence-electron chi connectivity index (χ3n) is 5.11. The van der Waals surface area contributed by atoms with Gasteiger partial charge in [0.15, 0.2) is 0 Å². The van der Waals surface area contributed by atoms with Crippen LogP contribution in [-0.2, 0) is 4.79 Å². The van der Waals surface area contributed by atoms with E-state index in [1.165, 1.54) is 11.8 Å². The lowest BCUT2D eigenvalue weighted by Gasteiger charge is -2.13. The van der Waals surface area contributed by atoms with Gasteiger partial charge in [0.1, 0.15) is 16.8 Å². The molecule has 0 aliphatic heterocycles. The second-order valence-corrected chi connectivity index (χ2v) is 9.23. The van der Waals surface area contributed by atoms with E-state index in [0.717, 1.165) is 11.1 Å². The van der Waals surface area contributed by atoms with E-state index in [0.29, 0.717) is 43.3 Å². The lowest BCUT2D eigenvalue weighted by molar-refractivity contribution is -0.113. The molecule has 0 radical (unpaired) electrons. The SMILES string of the molecule is COc1ccccc1NC(=O)CSc1nc(-c2ccc(Cl)cc2)cc(-c2ccc(Cl)cc2)c1C#N. The number of halogens is 2. The van der Waals surface area contributed by atoms with Crippen LogP contribution in [0.15, 0.2) is 83.9 Å². The van der Waals surface area contributed by atoms with Crippen molar-refractivity contribution >= 4 is 46.6 Å². The number of hydrogen-bond acceptors (Lipinski definition) is 5. The summed E-state index contributed by atoms with van der Waals surface area (Å²) in [6.07, 6.45) is 0. The second-order valence-electron chi connectivity index (χ2n) is 7.40. The zero-order chi connectivity index (χ0) is 24.8. The molecule has 0 saturated carbocycles. The Bertz CT molecular complexity index is 1400. The first-order chi connectivity index (χ1) is 17.0. The van der Waals surface area contributed by atoms with Crippen molar-refractivity contribution in [2.24, 2.45) is 0 Å². The molecule has 0 spiro atoms. The highest BCUT2D eigenvalue weighted by molar-refractivity contribution is 8.00. The van der Waals surface area contributed by atoms with E-state index in [9.17, 15) is 10.1 Å². The van der Waals surface area contributed by atoms with Crippen molar-refractivity contribution in [1.82, 2.24) is 4.98 Å². The summed E-state index contributed by atoms with van der Waals surface area (Å²) in [5.41, 5.74) is 4.00. The topological polar surface area (TPSA) is 75.0 Å². The lowest BCUT2D eigenvalue weighted by Crippen LogP contribution is -2.15. The van der Waals surface area contributed by atoms with Gasteiger partial charge in [0.2, 0.25) is 5.91 Å². The minimum Gasteiger partial charge on any atom is -0.495 e. The number of benzene rings is 3. The number of nitrogens with zero attached hydrogens (tertiary/aromatic N) is 2. The van der Waals surface area contributed by atoms with Gasteiger partial charge in [-0.25, -0.2) is 4.98 Å². The van der Waals surface area contributed by atoms with Gasteiger partial charge < -0.3 is 10.1 Å². The summed E-state index contributed by atoms with van der Waals surface area (Å²) < 4.78 is 5.30. The summed E-state index contributed by atoms with van der Waals surface area (Å²) in [4.78, 5) is 17.4. The number of carbonyl (C=O) groups is 1. The normalized spacial score (nSPS) is 10.5. The van der Waals surface area contributed by atoms with Crippen LogP contribution in [0.4, 0.5) is 5.69 Å². The van der Waals surface area contributed by atoms with Gasteiger partial charge >= 0.3 is 0 Å². The maximum absolute atomic E-state index is 12.7. The Morgan fingerprint density at radius 3 is 2.26 bits per heavy atom. The number of rotatable bonds is 7. The fourth-order valence-electron chi connectivity index (χ4n) is 3.43. The molecule has 1 heterocycles. The number of ether oxygens (including phenoxy) is 1. The molecule has 3 aromatic carbocycles. The third-order valence-corrected chi connectivity index (χ3v) is 6.59. The van der Waals surface area contributed by atoms with Crippen LogP contribution in [0, 0.1) is 11.3 Å². The predicted octanol–water partition coefficient (Wildman–Crippen LogP) is 7.33. The van der Waals surface area contributed by atoms with E-state index < -0.39 is 0 Å². The molecule has 1 aromatic heterocycles. The fourth-order valence-corrected chi connectivity index (χ4v) is 4.48. The van der Waals surface area contributed by atoms with Gasteiger partial charge in [0.25, 0.3) is 0 Å². The van der Waals surface area contributed by atoms with Crippen molar-refractivity contribution in [3.63, 3.8) is 0 Å². The van der Waals surface area contributed by atoms with Crippen LogP contribution in [0.25, 0.3) is 22.4 Å². The van der Waals surface area contributed by atoms with Gasteiger partial charge in [-0.05, 0) is 48.0 Å². The Hall–Kier alpha value is -3.50. The quantitative estimate of drug-likeness (QED) is 0.258. The Kier molecular flexibility index (Phi) is 7.94. The number of pyridine rings is 1. The molecule has 4 aromatic rings. The molecule has 0 fully saturated rings. The number of nitriles is 1. The molecule has 35 heavy (non-hydrogen) atoms. The molecule has 0 aliphatic rings. The molecule has 4 rings (SSSR count). The Morgan fingerprint density at radius 1 is 1.00 bits per heavy atom. The predicted molar refractivity (Wildman–Crippen MR) is 142 cm³/mol. The first kappa shape index (κ1) is 24.6. The number of nitrogens with one attached hydrogen (secondary N) is 1. The van der Waals surface area contributed by atoms with E-state index in [2.05, 4.69) is 11.4 Å². The molecule has 0 bridgehead atoms. The summed E-state index contributed by atoms with van der Waals surface area (Å²) in [5, 5.41) is 14.5. The van der Waals surface area contributed by atoms with E-state index in [1.54, 1.807) is 43.5 Å². The molecular formula is C27H19Cl2N3O2S. The van der Waals surface area contributed by atoms with Gasteiger partial charge in [-0.1, -0.05) is 71.4 Å². The number of aromatic nitrogens is 1. The van der Waals surface area contributed by atoms with Crippen LogP contribution in [-0.4, -0.2) is 23.8 Å². The van der Waals surface area contributed by atoms with Gasteiger partial charge in [-0.15, -0.1) is 0 Å². The second kappa shape index (κ2) is 11.3. The van der Waals surface area contributed by atoms with Gasteiger partial charge in [0, 0.05) is 21.2 Å². The molecule has 0 atom stereocenters. The average Bonchev–Trinajstić information content (AvgIpc) is 2.88. The number of carbonyl (C=O) groups excluding carboxylic acids is 1. The van der Waals surface area contributed by atoms with Crippen LogP contribution in [0.3, 0.4) is 0 Å². The zero-order valence-electron chi connectivity index (χ0n) is 18.6. The van der Waals surface area contributed by atoms with Gasteiger partial charge in [-0.2, -0.15) is 5.26 Å². The first-order valence-electron chi connectivity index (χ1n) is 10.5. The number of methoxy groups -OCH3 is 1. The van der Waals surface area contributed by atoms with Crippen molar-refractivity contribution in [3.8, 4) is 34.2 Å². The molecule has 0 unspecified atom stereocenters. The highest BCUT2D eigenvalue weighted by atomic mass is 35.5. The summed E-state index contributed by atoms with van der Waals surface area (Å²) in [6.45, 7) is 0. The molecule has 8 heteroatoms. The molecule has 1 N–H and O–H groups in total. The molecule has 0 saturated heterocycles. The largest absolute Gasteiger partial charge is 0.495 e. The van der Waals surface area contributed by atoms with Crippen molar-refractivity contribution in [3.05, 3.63) is 94.5 Å². The number of amides is 1. The van der Waals surface area contributed by atoms with Crippen molar-refractivity contribution < 1.29 is 9.53 Å². The lowest BCUT2D eigenvalue weighted by atomic mass is 9.99. The minimum absolute atomic E-state index is 0.0594. The number of anilines is 1. The monoisotopic (exact) mass is 519 g/mol. The standard InChI is InChI=1S/C27H19Cl2N3O2S/c1-34-25-5-3-2-4-23(25)31-26(33)16-35-27-22(15-30)21(17-6-10-19(28)11-7-17)14-24(32-27)18-8-12-20(29)13-9-18/h2-14H,16H2,1H3,(H,31,33). The van der Waals surface area contributed by atoms with E-state index in [4.69, 9.17) is 32.9 Å². The highest BCUT2D eigenvalue weighted by Gasteiger charge is 2.17. The van der Waals surface area contributed by atoms with E-state index >= 15 is 0 Å². The maximum Gasteiger partial charge on any atom is 0.234 e. The summed E-state index contributed by atoms with van der Waals surface area (Å²) in [6, 6.07) is 25.9. The van der Waals surface area contributed by atoms with Gasteiger partial charge in [-0.3, -0.25) is 4.79 Å². The van der Waals surface area contributed by atoms with Crippen LogP contribution in [0.5, 0.6) is 5.75 Å². The van der Waals surface area contributed by atoms with Crippen molar-refractivity contribution in [1.29, 1.82) is 5.26 Å². The van der Waals surface area contributed by atoms with Crippen LogP contribution < -0.4 is 10.1 Å². The molecule has 5 nitrogen and oxygen atoms in total. The fraction of sp³-hybridized carbons (Fsp3) is 0.0741. The number of thioether (sulfide) groups is 1. The Labute approximate surface area is 217 Å². The average molecular weight is 520 g/mol. The molecule has 1 amide bonds. The van der Waals surface area contributed by atoms with Crippen LogP contribution in [0.1, 0.15) is 5.56 Å². The smallest absolute Gasteiger partial charge is 0.234 e. The Morgan fingerprint density at radius 2 is 1.63 bits per heavy atom. The number of hydrogen-bond donors (Lipinski definition) is 1. The van der Waals surface area contributed by atoms with Crippen LogP contribution >= 0.6 is 35.0 Å². The maximum atomic E-state index is 12.7. The van der Waals surface area contributed by atoms with Crippen LogP contribution in [0.2, 0.25) is 10.0 Å². The molecule has 174 valence electrons. The van der Waals surface area contributed by atoms with Gasteiger partial charge in [0.05, 0.1) is 29.8 Å². The molecular weight excluding hydrogens is 501 g/mol. The Balaban J connectivity index is 1.69. The molecule has 0 aliphatic carbocycles. The first-order valence-corrected chi connectivity index (χ1v) is 12.3. The zero-order valence-corrected chi connectivity index (χ0v) is 20.9. The van der Waals surface area contributed by atoms with Crippen molar-refractivity contribution in [2.75, 3.05) is 18.2 Å². The number of para-hydroxylation sites is 2. The summed E-state index contributed by atoms with van der Waals surface area (Å²) in [7, 11) is 1.55. The van der Waals surface area contributed by atoms with Crippen molar-refractivity contribution in [2.45, 2.75) is 5.03 Å². The summed E-state index contributed by atoms with van der Waals surface area (Å²) >= 11 is 13.3. The van der Waals surface area contributed by atoms with E-state index in [-0.39, 0.29) is 11.7 Å².